The molecule has 1 aliphatic carbocycles. The lowest BCUT2D eigenvalue weighted by Crippen LogP contribution is -2.23. The average Bonchev–Trinajstić information content (AvgIpc) is 1.76. The summed E-state index contributed by atoms with van der Waals surface area (Å²) in [5.41, 5.74) is 15.4. The number of nitrogens with zero attached hydrogens (tertiary/aromatic N) is 13. The minimum absolute atomic E-state index is 0.735. The van der Waals surface area contributed by atoms with Gasteiger partial charge in [-0.05, 0) is 252 Å². The number of hydrogen-bond acceptors (Lipinski definition) is 29. The van der Waals surface area contributed by atoms with Crippen LogP contribution in [0.3, 0.4) is 0 Å². The molecule has 126 heavy (non-hydrogen) atoms. The topological polar surface area (TPSA) is 346 Å². The van der Waals surface area contributed by atoms with Crippen LogP contribution in [-0.2, 0) is 57.9 Å². The number of anilines is 11. The largest absolute Gasteiger partial charge is 0.488 e. The highest BCUT2D eigenvalue weighted by Gasteiger charge is 2.30. The number of rotatable bonds is 0. The second-order valence-electron chi connectivity index (χ2n) is 31.4. The number of piperidine rings is 1. The first-order valence-electron chi connectivity index (χ1n) is 44.9. The summed E-state index contributed by atoms with van der Waals surface area (Å²) in [5.74, 6) is 12.1. The van der Waals surface area contributed by atoms with E-state index in [1.807, 2.05) is 146 Å². The summed E-state index contributed by atoms with van der Waals surface area (Å²) in [7, 11) is 0. The Morgan fingerprint density at radius 3 is 1.60 bits per heavy atom. The Balaban J connectivity index is 0.000000111. The third-order valence-corrected chi connectivity index (χ3v) is 23.4. The van der Waals surface area contributed by atoms with Gasteiger partial charge in [0.15, 0.2) is 17.4 Å². The first-order valence-corrected chi connectivity index (χ1v) is 45.8. The number of para-hydroxylation sites is 1. The summed E-state index contributed by atoms with van der Waals surface area (Å²) in [6, 6.07) is 47.7. The molecule has 12 aliphatic heterocycles. The molecular formula is C97H120N26O2S. The molecule has 2 fully saturated rings. The molecule has 2 bridgehead atoms. The Hall–Kier alpha value is -12.9. The van der Waals surface area contributed by atoms with Gasteiger partial charge in [0.25, 0.3) is 0 Å². The summed E-state index contributed by atoms with van der Waals surface area (Å²) < 4.78 is 10.4. The SMILES string of the molecule is C1CC2CC1CN2.c1cc2c(cn1)CCCN2.c1cc2c(nn1)NCCC2.c1ccc2c(c1)CCNC2.c1ccc2occc2c1.c1cnc2c(c1)CCCCN2.c1cnc2c(c1)CCCN2.c1cnc2c(c1)CCN2.c1cnc2c(c1)NCCN2.c1cnc2c(c1)OCCN2.c1cnc2c(c1)SCCN2.c1cnc2c(n1)CCCN2.c1ncc2c(n1)NCCC2. The van der Waals surface area contributed by atoms with Crippen molar-refractivity contribution in [1.82, 2.24) is 75.7 Å². The van der Waals surface area contributed by atoms with Crippen molar-refractivity contribution in [2.45, 2.75) is 133 Å². The second kappa shape index (κ2) is 50.8. The fourth-order valence-electron chi connectivity index (χ4n) is 15.8. The van der Waals surface area contributed by atoms with Gasteiger partial charge in [-0.1, -0.05) is 60.7 Å². The zero-order valence-electron chi connectivity index (χ0n) is 72.1. The predicted molar refractivity (Wildman–Crippen MR) is 511 cm³/mol. The van der Waals surface area contributed by atoms with E-state index in [2.05, 4.69) is 183 Å². The van der Waals surface area contributed by atoms with Crippen LogP contribution in [0.1, 0.15) is 114 Å². The van der Waals surface area contributed by atoms with Gasteiger partial charge in [0.1, 0.15) is 59.2 Å². The highest BCUT2D eigenvalue weighted by molar-refractivity contribution is 7.99. The highest BCUT2D eigenvalue weighted by atomic mass is 32.2. The maximum atomic E-state index is 5.30. The fourth-order valence-corrected chi connectivity index (χ4v) is 16.7. The molecule has 13 N–H and O–H groups in total. The minimum atomic E-state index is 0.735. The van der Waals surface area contributed by atoms with Gasteiger partial charge in [0, 0.05) is 173 Å². The lowest BCUT2D eigenvalue weighted by molar-refractivity contribution is 0.321. The van der Waals surface area contributed by atoms with Gasteiger partial charge in [-0.3, -0.25) is 9.97 Å². The predicted octanol–water partition coefficient (Wildman–Crippen LogP) is 16.2. The molecule has 656 valence electrons. The number of ether oxygens (including phenoxy) is 1. The third kappa shape index (κ3) is 28.9. The van der Waals surface area contributed by atoms with Crippen molar-refractivity contribution in [3.05, 3.63) is 277 Å². The molecule has 2 atom stereocenters. The Bertz CT molecular complexity index is 4320. The van der Waals surface area contributed by atoms with Crippen LogP contribution in [-0.4, -0.2) is 169 Å². The van der Waals surface area contributed by atoms with E-state index < -0.39 is 0 Å². The molecule has 1 saturated carbocycles. The maximum Gasteiger partial charge on any atom is 0.168 e. The average molecular weight is 1710 g/mol. The smallest absolute Gasteiger partial charge is 0.168 e. The maximum absolute atomic E-state index is 5.30. The van der Waals surface area contributed by atoms with E-state index >= 15 is 0 Å². The summed E-state index contributed by atoms with van der Waals surface area (Å²) in [6.45, 7) is 15.5. The van der Waals surface area contributed by atoms with E-state index in [4.69, 9.17) is 9.15 Å². The zero-order valence-corrected chi connectivity index (χ0v) is 72.9. The van der Waals surface area contributed by atoms with E-state index in [-0.39, 0.29) is 0 Å². The number of aromatic nitrogens is 13. The molecular weight excluding hydrogens is 1590 g/mol. The molecule has 2 aromatic carbocycles. The number of benzene rings is 2. The van der Waals surface area contributed by atoms with Gasteiger partial charge in [-0.2, -0.15) is 5.10 Å². The van der Waals surface area contributed by atoms with Crippen LogP contribution in [0.25, 0.3) is 11.0 Å². The van der Waals surface area contributed by atoms with E-state index in [9.17, 15) is 0 Å². The van der Waals surface area contributed by atoms with Gasteiger partial charge in [-0.25, -0.2) is 44.9 Å². The van der Waals surface area contributed by atoms with Crippen LogP contribution < -0.4 is 73.9 Å². The van der Waals surface area contributed by atoms with Gasteiger partial charge in [0.2, 0.25) is 0 Å². The number of thioether (sulfide) groups is 1. The van der Waals surface area contributed by atoms with E-state index in [1.165, 1.54) is 152 Å². The normalized spacial score (nSPS) is 17.0. The van der Waals surface area contributed by atoms with Crippen molar-refractivity contribution in [2.24, 2.45) is 5.92 Å². The van der Waals surface area contributed by atoms with Gasteiger partial charge >= 0.3 is 0 Å². The zero-order chi connectivity index (χ0) is 85.7. The number of pyridine rings is 7. The van der Waals surface area contributed by atoms with Crippen LogP contribution in [0.4, 0.5) is 63.7 Å². The Morgan fingerprint density at radius 2 is 0.905 bits per heavy atom. The molecule has 2 unspecified atom stereocenters. The molecule has 0 amide bonds. The molecule has 28 nitrogen and oxygen atoms in total. The molecule has 11 aromatic heterocycles. The van der Waals surface area contributed by atoms with Crippen molar-refractivity contribution in [2.75, 3.05) is 156 Å². The molecule has 13 aromatic rings. The number of hydrogen-bond donors (Lipinski definition) is 13. The van der Waals surface area contributed by atoms with Crippen molar-refractivity contribution in [3.63, 3.8) is 0 Å². The molecule has 26 rings (SSSR count). The van der Waals surface area contributed by atoms with E-state index in [0.717, 1.165) is 216 Å². The Labute approximate surface area is 744 Å². The Kier molecular flexibility index (Phi) is 36.0. The van der Waals surface area contributed by atoms with Gasteiger partial charge < -0.3 is 78.3 Å². The number of aryl methyl sites for hydroxylation is 6. The minimum Gasteiger partial charge on any atom is -0.488 e. The van der Waals surface area contributed by atoms with Crippen LogP contribution >= 0.6 is 11.8 Å². The monoisotopic (exact) mass is 1710 g/mol. The van der Waals surface area contributed by atoms with Crippen molar-refractivity contribution < 1.29 is 9.15 Å². The molecule has 23 heterocycles. The van der Waals surface area contributed by atoms with Crippen LogP contribution in [0.15, 0.2) is 236 Å². The van der Waals surface area contributed by atoms with Crippen molar-refractivity contribution in [3.8, 4) is 5.75 Å². The first-order chi connectivity index (χ1) is 62.5. The second-order valence-corrected chi connectivity index (χ2v) is 32.5. The van der Waals surface area contributed by atoms with Crippen molar-refractivity contribution >= 4 is 86.5 Å². The summed E-state index contributed by atoms with van der Waals surface area (Å²) in [6.07, 6.45) is 47.2. The summed E-state index contributed by atoms with van der Waals surface area (Å²) in [4.78, 5) is 46.8. The van der Waals surface area contributed by atoms with E-state index in [1.54, 1.807) is 43.6 Å². The molecule has 29 heteroatoms. The van der Waals surface area contributed by atoms with Crippen molar-refractivity contribution in [1.29, 1.82) is 0 Å². The quantitative estimate of drug-likeness (QED) is 0.0671. The third-order valence-electron chi connectivity index (χ3n) is 22.4. The van der Waals surface area contributed by atoms with E-state index in [0.29, 0.717) is 0 Å². The summed E-state index contributed by atoms with van der Waals surface area (Å²) >= 11 is 1.86. The van der Waals surface area contributed by atoms with Gasteiger partial charge in [-0.15, -0.1) is 16.9 Å². The lowest BCUT2D eigenvalue weighted by atomic mass is 10.0. The number of fused-ring (bicyclic) bond motifs is 14. The fraction of sp³-hybridized carbons (Fsp3) is 0.371. The highest BCUT2D eigenvalue weighted by Crippen LogP contribution is 2.32. The standard InChI is InChI=1S/C9H12N2.C9H11N.2C8H10N2.C8H6O.4C7H9N3.C7H8N2O.C7H8N2S.C7H8N2.C6H11N/c1-2-6-10-9-8(4-1)5-3-7-11-9;1-2-4-9-7-10-6-5-8(9)3-1;1-3-7-4-2-6-10-8(7)9-5-1;1-2-7-6-9-5-3-8(7)10-4-1;1-2-4-8-7(3-1)5-6-9-8;1-2-6-3-5-9-10-7(6)8-4-1;1-2-6-4-8-5-10-7(6)9-3-1;2*1-2-6-7(9-3-1)10-5-4-8-6;2*1-2-6-7(8-3-1)9-4-5-10-6;1-2-6-3-5-9-7(6)8-4-1;1-2-6-3-5(1)4-7-6/h3,5,7H,1-2,4,6H2,(H,10,11);1-4,10H,5-7H2;1,3,5H,2,4,6H2,(H,9,10);3,5-6,10H,1-2,4H2;1-6H;3,5H,1-2,4H2,(H,8,10);4-5H,1-3H2,(H,8,9,10);4-5H,1-3H2,(H,9,10);1-3,8H,4-5H2,(H,9,10);2*1-3H,4-5H2,(H,8,9);1-2,4H,3,5H2,(H,8,9);5-7H,1-4H2. The molecule has 13 aliphatic rings. The van der Waals surface area contributed by atoms with Crippen LogP contribution in [0.5, 0.6) is 5.75 Å². The number of furan rings is 1. The number of nitrogens with one attached hydrogen (secondary N) is 13. The van der Waals surface area contributed by atoms with Gasteiger partial charge in [0.05, 0.1) is 30.4 Å². The Morgan fingerprint density at radius 1 is 0.341 bits per heavy atom. The van der Waals surface area contributed by atoms with Crippen LogP contribution in [0.2, 0.25) is 0 Å². The summed E-state index contributed by atoms with van der Waals surface area (Å²) in [5, 5.41) is 51.2. The lowest BCUT2D eigenvalue weighted by Gasteiger charge is -2.17. The molecule has 0 radical (unpaired) electrons. The first kappa shape index (κ1) is 89.4. The van der Waals surface area contributed by atoms with Crippen LogP contribution in [0, 0.1) is 5.92 Å². The molecule has 1 saturated heterocycles. The molecule has 0 spiro atoms.